The summed E-state index contributed by atoms with van der Waals surface area (Å²) in [5, 5.41) is 5.23. The van der Waals surface area contributed by atoms with Gasteiger partial charge in [0, 0.05) is 5.56 Å². The molecule has 1 aromatic carbocycles. The summed E-state index contributed by atoms with van der Waals surface area (Å²) in [7, 11) is 1.33. The van der Waals surface area contributed by atoms with E-state index in [9.17, 15) is 14.4 Å². The van der Waals surface area contributed by atoms with Gasteiger partial charge in [0.2, 0.25) is 0 Å². The van der Waals surface area contributed by atoms with Crippen LogP contribution in [0.4, 0.5) is 0 Å². The number of hydrazone groups is 1. The number of hydrogen-bond donors (Lipinski definition) is 0. The van der Waals surface area contributed by atoms with Crippen molar-refractivity contribution < 1.29 is 23.5 Å². The quantitative estimate of drug-likeness (QED) is 0.331. The molecule has 2 amide bonds. The predicted molar refractivity (Wildman–Crippen MR) is 110 cm³/mol. The number of carbonyl (C=O) groups excluding carboxylic acids is 3. The van der Waals surface area contributed by atoms with Gasteiger partial charge in [0.15, 0.2) is 0 Å². The van der Waals surface area contributed by atoms with Crippen LogP contribution in [0.5, 0.6) is 0 Å². The lowest BCUT2D eigenvalue weighted by Crippen LogP contribution is -2.40. The molecule has 7 rings (SSSR count). The van der Waals surface area contributed by atoms with E-state index in [1.54, 1.807) is 30.3 Å². The second-order valence-corrected chi connectivity index (χ2v) is 8.66. The highest BCUT2D eigenvalue weighted by atomic mass is 16.5. The maximum atomic E-state index is 13.0. The zero-order chi connectivity index (χ0) is 21.3. The first kappa shape index (κ1) is 18.3. The SMILES string of the molecule is COC(=O)c1cccc(-c2ccc(/C=N\N3C(=O)[C@H]4[C@@H]5C=C[C@@H]([C@H]6C[C@H]56)[C@@H]4C3=O)o2)c1. The van der Waals surface area contributed by atoms with Crippen LogP contribution in [-0.2, 0) is 14.3 Å². The maximum absolute atomic E-state index is 13.0. The summed E-state index contributed by atoms with van der Waals surface area (Å²) >= 11 is 0. The highest BCUT2D eigenvalue weighted by Gasteiger charge is 2.67. The number of methoxy groups -OCH3 is 1. The van der Waals surface area contributed by atoms with Gasteiger partial charge in [0.1, 0.15) is 11.5 Å². The molecule has 1 aromatic heterocycles. The summed E-state index contributed by atoms with van der Waals surface area (Å²) in [6.45, 7) is 0. The van der Waals surface area contributed by atoms with Crippen LogP contribution in [-0.4, -0.2) is 36.1 Å². The number of hydrogen-bond acceptors (Lipinski definition) is 6. The number of rotatable bonds is 4. The summed E-state index contributed by atoms with van der Waals surface area (Å²) in [6.07, 6.45) is 6.81. The largest absolute Gasteiger partial charge is 0.465 e. The van der Waals surface area contributed by atoms with Crippen molar-refractivity contribution in [2.24, 2.45) is 40.6 Å². The van der Waals surface area contributed by atoms with E-state index in [-0.39, 0.29) is 35.5 Å². The van der Waals surface area contributed by atoms with Crippen molar-refractivity contribution in [3.8, 4) is 11.3 Å². The summed E-state index contributed by atoms with van der Waals surface area (Å²) in [5.41, 5.74) is 1.13. The van der Waals surface area contributed by atoms with Crippen LogP contribution in [0.3, 0.4) is 0 Å². The number of esters is 1. The molecular formula is C24H20N2O5. The molecule has 0 N–H and O–H groups in total. The lowest BCUT2D eigenvalue weighted by molar-refractivity contribution is -0.140. The Balaban J connectivity index is 1.22. The molecule has 2 aromatic rings. The van der Waals surface area contributed by atoms with Crippen molar-refractivity contribution in [2.45, 2.75) is 6.42 Å². The van der Waals surface area contributed by atoms with Gasteiger partial charge in [0.25, 0.3) is 11.8 Å². The van der Waals surface area contributed by atoms with Gasteiger partial charge in [0.05, 0.1) is 30.7 Å². The Labute approximate surface area is 178 Å². The molecule has 1 aliphatic heterocycles. The minimum Gasteiger partial charge on any atom is -0.465 e. The van der Waals surface area contributed by atoms with E-state index in [0.717, 1.165) is 11.4 Å². The van der Waals surface area contributed by atoms with E-state index in [2.05, 4.69) is 17.3 Å². The molecule has 7 nitrogen and oxygen atoms in total. The van der Waals surface area contributed by atoms with Gasteiger partial charge in [-0.25, -0.2) is 4.79 Å². The van der Waals surface area contributed by atoms with Gasteiger partial charge < -0.3 is 9.15 Å². The third-order valence-electron chi connectivity index (χ3n) is 7.13. The molecule has 0 radical (unpaired) electrons. The number of benzene rings is 1. The number of ether oxygens (including phenoxy) is 1. The van der Waals surface area contributed by atoms with Crippen molar-refractivity contribution in [3.05, 3.63) is 59.9 Å². The minimum atomic E-state index is -0.427. The van der Waals surface area contributed by atoms with E-state index in [4.69, 9.17) is 9.15 Å². The lowest BCUT2D eigenvalue weighted by atomic mass is 9.63. The third kappa shape index (κ3) is 2.65. The second kappa shape index (κ2) is 6.51. The Hall–Kier alpha value is -3.48. The van der Waals surface area contributed by atoms with Crippen molar-refractivity contribution in [1.29, 1.82) is 0 Å². The Bertz CT molecular complexity index is 1140. The monoisotopic (exact) mass is 416 g/mol. The Morgan fingerprint density at radius 2 is 1.81 bits per heavy atom. The van der Waals surface area contributed by atoms with E-state index >= 15 is 0 Å². The maximum Gasteiger partial charge on any atom is 0.337 e. The number of imide groups is 1. The molecule has 4 aliphatic carbocycles. The van der Waals surface area contributed by atoms with Gasteiger partial charge in [-0.05, 0) is 54.4 Å². The van der Waals surface area contributed by atoms with Crippen LogP contribution in [0.25, 0.3) is 11.3 Å². The van der Waals surface area contributed by atoms with Gasteiger partial charge >= 0.3 is 5.97 Å². The molecule has 1 saturated heterocycles. The number of allylic oxidation sites excluding steroid dienone is 2. The van der Waals surface area contributed by atoms with Crippen molar-refractivity contribution >= 4 is 24.0 Å². The first-order valence-electron chi connectivity index (χ1n) is 10.5. The van der Waals surface area contributed by atoms with Gasteiger partial charge in [-0.2, -0.15) is 10.1 Å². The van der Waals surface area contributed by atoms with Crippen molar-refractivity contribution in [1.82, 2.24) is 5.01 Å². The molecular weight excluding hydrogens is 396 g/mol. The number of amides is 2. The molecule has 2 bridgehead atoms. The fraction of sp³-hybridized carbons (Fsp3) is 0.333. The molecule has 7 heteroatoms. The predicted octanol–water partition coefficient (Wildman–Crippen LogP) is 3.12. The summed E-state index contributed by atoms with van der Waals surface area (Å²) in [5.74, 6) is 1.07. The van der Waals surface area contributed by atoms with Crippen molar-refractivity contribution in [3.63, 3.8) is 0 Å². The summed E-state index contributed by atoms with van der Waals surface area (Å²) in [4.78, 5) is 37.7. The van der Waals surface area contributed by atoms with Crippen LogP contribution in [0, 0.1) is 35.5 Å². The van der Waals surface area contributed by atoms with Crippen LogP contribution in [0.15, 0.2) is 58.1 Å². The van der Waals surface area contributed by atoms with E-state index in [1.165, 1.54) is 13.3 Å². The molecule has 0 spiro atoms. The Morgan fingerprint density at radius 1 is 1.10 bits per heavy atom. The molecule has 2 heterocycles. The molecule has 2 saturated carbocycles. The standard InChI is InChI=1S/C24H20N2O5/c1-30-24(29)13-4-2-3-12(9-13)19-8-5-14(31-19)11-25-26-22(27)20-15-6-7-16(18-10-17(15)18)21(20)23(26)28/h2-9,11,15-18,20-21H,10H2,1H3/b25-11-/t15-,16+,17-,18-,20+,21+/m1/s1. The van der Waals surface area contributed by atoms with E-state index < -0.39 is 5.97 Å². The summed E-state index contributed by atoms with van der Waals surface area (Å²) < 4.78 is 10.6. The minimum absolute atomic E-state index is 0.175. The number of carbonyl (C=O) groups is 3. The lowest BCUT2D eigenvalue weighted by Gasteiger charge is -2.37. The number of nitrogens with zero attached hydrogens (tertiary/aromatic N) is 2. The van der Waals surface area contributed by atoms with Crippen LogP contribution < -0.4 is 0 Å². The Morgan fingerprint density at radius 3 is 2.48 bits per heavy atom. The molecule has 156 valence electrons. The van der Waals surface area contributed by atoms with Crippen LogP contribution in [0.1, 0.15) is 22.5 Å². The Kier molecular flexibility index (Phi) is 3.84. The first-order valence-corrected chi connectivity index (χ1v) is 10.5. The van der Waals surface area contributed by atoms with E-state index in [1.807, 2.05) is 6.07 Å². The van der Waals surface area contributed by atoms with Crippen molar-refractivity contribution in [2.75, 3.05) is 7.11 Å². The molecule has 5 aliphatic rings. The van der Waals surface area contributed by atoms with E-state index in [0.29, 0.717) is 34.5 Å². The van der Waals surface area contributed by atoms with Gasteiger partial charge in [-0.15, -0.1) is 0 Å². The average molecular weight is 416 g/mol. The zero-order valence-corrected chi connectivity index (χ0v) is 16.8. The topological polar surface area (TPSA) is 89.2 Å². The van der Waals surface area contributed by atoms with Gasteiger partial charge in [-0.3, -0.25) is 9.59 Å². The number of furan rings is 1. The average Bonchev–Trinajstić information content (AvgIpc) is 3.44. The fourth-order valence-electron chi connectivity index (χ4n) is 5.66. The summed E-state index contributed by atoms with van der Waals surface area (Å²) in [6, 6.07) is 10.4. The first-order chi connectivity index (χ1) is 15.1. The van der Waals surface area contributed by atoms with Crippen LogP contribution >= 0.6 is 0 Å². The third-order valence-corrected chi connectivity index (χ3v) is 7.13. The second-order valence-electron chi connectivity index (χ2n) is 8.66. The van der Waals surface area contributed by atoms with Gasteiger partial charge in [-0.1, -0.05) is 24.3 Å². The fourth-order valence-corrected chi connectivity index (χ4v) is 5.66. The molecule has 3 fully saturated rings. The van der Waals surface area contributed by atoms with Crippen LogP contribution in [0.2, 0.25) is 0 Å². The smallest absolute Gasteiger partial charge is 0.337 e. The highest BCUT2D eigenvalue weighted by Crippen LogP contribution is 2.65. The zero-order valence-electron chi connectivity index (χ0n) is 16.8. The normalized spacial score (nSPS) is 32.5. The molecule has 6 atom stereocenters. The molecule has 0 unspecified atom stereocenters. The molecule has 31 heavy (non-hydrogen) atoms. The highest BCUT2D eigenvalue weighted by molar-refractivity contribution is 6.06.